The molecule has 128 valence electrons. The molecule has 0 amide bonds. The Labute approximate surface area is 143 Å². The lowest BCUT2D eigenvalue weighted by Gasteiger charge is -2.09. The van der Waals surface area contributed by atoms with Crippen LogP contribution in [-0.2, 0) is 4.74 Å². The highest BCUT2D eigenvalue weighted by Gasteiger charge is 2.18. The molecule has 1 N–H and O–H groups in total. The van der Waals surface area contributed by atoms with Crippen molar-refractivity contribution >= 4 is 22.9 Å². The lowest BCUT2D eigenvalue weighted by molar-refractivity contribution is 0.0525. The highest BCUT2D eigenvalue weighted by atomic mass is 16.5. The van der Waals surface area contributed by atoms with Crippen LogP contribution in [0.1, 0.15) is 33.4 Å². The van der Waals surface area contributed by atoms with Crippen LogP contribution in [0.2, 0.25) is 0 Å². The number of hydrogen-bond acceptors (Lipinski definition) is 5. The standard InChI is InChI=1S/C19H16O6/c1-3-23-19(22)12-8-15(24-13-6-4-11(2)5-7-13)14-10-17(18(20)21)25-16(14)9-12/h4-10H,3H2,1-2H3,(H,20,21). The van der Waals surface area contributed by atoms with Crippen LogP contribution in [0.25, 0.3) is 11.0 Å². The number of esters is 1. The van der Waals surface area contributed by atoms with Crippen LogP contribution in [0, 0.1) is 6.92 Å². The summed E-state index contributed by atoms with van der Waals surface area (Å²) < 4.78 is 16.2. The number of carboxylic acid groups (broad SMARTS) is 1. The van der Waals surface area contributed by atoms with Gasteiger partial charge >= 0.3 is 11.9 Å². The van der Waals surface area contributed by atoms with Crippen LogP contribution in [0.3, 0.4) is 0 Å². The predicted octanol–water partition coefficient (Wildman–Crippen LogP) is 4.41. The molecule has 0 atom stereocenters. The van der Waals surface area contributed by atoms with E-state index in [-0.39, 0.29) is 23.5 Å². The highest BCUT2D eigenvalue weighted by molar-refractivity contribution is 5.99. The van der Waals surface area contributed by atoms with Crippen LogP contribution in [0.15, 0.2) is 46.9 Å². The molecule has 0 aliphatic heterocycles. The zero-order valence-corrected chi connectivity index (χ0v) is 13.7. The van der Waals surface area contributed by atoms with Gasteiger partial charge < -0.3 is 19.0 Å². The van der Waals surface area contributed by atoms with E-state index in [4.69, 9.17) is 19.0 Å². The van der Waals surface area contributed by atoms with Gasteiger partial charge in [0.1, 0.15) is 17.1 Å². The van der Waals surface area contributed by atoms with Crippen molar-refractivity contribution < 1.29 is 28.6 Å². The number of ether oxygens (including phenoxy) is 2. The van der Waals surface area contributed by atoms with Gasteiger partial charge in [0.15, 0.2) is 0 Å². The van der Waals surface area contributed by atoms with Crippen molar-refractivity contribution in [2.45, 2.75) is 13.8 Å². The van der Waals surface area contributed by atoms with E-state index in [2.05, 4.69) is 0 Å². The van der Waals surface area contributed by atoms with Gasteiger partial charge in [-0.15, -0.1) is 0 Å². The van der Waals surface area contributed by atoms with Gasteiger partial charge in [0.2, 0.25) is 5.76 Å². The number of hydrogen-bond donors (Lipinski definition) is 1. The van der Waals surface area contributed by atoms with Gasteiger partial charge in [0.05, 0.1) is 17.6 Å². The Morgan fingerprint density at radius 1 is 1.12 bits per heavy atom. The summed E-state index contributed by atoms with van der Waals surface area (Å²) in [6.07, 6.45) is 0. The van der Waals surface area contributed by atoms with Crippen molar-refractivity contribution in [2.75, 3.05) is 6.61 Å². The fourth-order valence-corrected chi connectivity index (χ4v) is 2.36. The normalized spacial score (nSPS) is 10.6. The van der Waals surface area contributed by atoms with Crippen molar-refractivity contribution in [1.82, 2.24) is 0 Å². The van der Waals surface area contributed by atoms with Gasteiger partial charge in [-0.2, -0.15) is 0 Å². The van der Waals surface area contributed by atoms with Crippen LogP contribution < -0.4 is 4.74 Å². The molecule has 0 fully saturated rings. The second-order valence-corrected chi connectivity index (χ2v) is 5.44. The summed E-state index contributed by atoms with van der Waals surface area (Å²) in [6, 6.07) is 11.7. The Hall–Kier alpha value is -3.28. The molecule has 6 nitrogen and oxygen atoms in total. The molecule has 3 aromatic rings. The largest absolute Gasteiger partial charge is 0.475 e. The number of carboxylic acids is 1. The Morgan fingerprint density at radius 2 is 1.84 bits per heavy atom. The summed E-state index contributed by atoms with van der Waals surface area (Å²) >= 11 is 0. The molecular formula is C19H16O6. The number of aromatic carboxylic acids is 1. The van der Waals surface area contributed by atoms with E-state index < -0.39 is 11.9 Å². The van der Waals surface area contributed by atoms with Crippen LogP contribution in [-0.4, -0.2) is 23.7 Å². The van der Waals surface area contributed by atoms with Crippen molar-refractivity contribution in [3.63, 3.8) is 0 Å². The number of aryl methyl sites for hydroxylation is 1. The highest BCUT2D eigenvalue weighted by Crippen LogP contribution is 2.34. The number of carbonyl (C=O) groups excluding carboxylic acids is 1. The summed E-state index contributed by atoms with van der Waals surface area (Å²) in [4.78, 5) is 23.2. The zero-order valence-electron chi connectivity index (χ0n) is 13.7. The van der Waals surface area contributed by atoms with E-state index in [9.17, 15) is 9.59 Å². The number of benzene rings is 2. The SMILES string of the molecule is CCOC(=O)c1cc(Oc2ccc(C)cc2)c2cc(C(=O)O)oc2c1. The van der Waals surface area contributed by atoms with E-state index >= 15 is 0 Å². The summed E-state index contributed by atoms with van der Waals surface area (Å²) in [5.41, 5.74) is 1.54. The molecule has 0 saturated carbocycles. The van der Waals surface area contributed by atoms with Gasteiger partial charge in [-0.25, -0.2) is 9.59 Å². The molecule has 0 radical (unpaired) electrons. The predicted molar refractivity (Wildman–Crippen MR) is 90.4 cm³/mol. The number of carbonyl (C=O) groups is 2. The van der Waals surface area contributed by atoms with E-state index in [1.165, 1.54) is 18.2 Å². The monoisotopic (exact) mass is 340 g/mol. The first kappa shape index (κ1) is 16.6. The van der Waals surface area contributed by atoms with E-state index in [0.29, 0.717) is 16.9 Å². The molecule has 0 saturated heterocycles. The van der Waals surface area contributed by atoms with Crippen molar-refractivity contribution in [3.8, 4) is 11.5 Å². The molecule has 1 heterocycles. The number of fused-ring (bicyclic) bond motifs is 1. The summed E-state index contributed by atoms with van der Waals surface area (Å²) in [6.45, 7) is 3.89. The average molecular weight is 340 g/mol. The van der Waals surface area contributed by atoms with E-state index in [1.807, 2.05) is 19.1 Å². The fourth-order valence-electron chi connectivity index (χ4n) is 2.36. The van der Waals surface area contributed by atoms with Crippen LogP contribution >= 0.6 is 0 Å². The maximum atomic E-state index is 12.0. The van der Waals surface area contributed by atoms with Gasteiger partial charge in [-0.05, 0) is 38.1 Å². The second-order valence-electron chi connectivity index (χ2n) is 5.44. The van der Waals surface area contributed by atoms with Gasteiger partial charge in [-0.3, -0.25) is 0 Å². The summed E-state index contributed by atoms with van der Waals surface area (Å²) in [5.74, 6) is -1.09. The second kappa shape index (κ2) is 6.68. The molecule has 0 spiro atoms. The molecule has 25 heavy (non-hydrogen) atoms. The molecule has 0 unspecified atom stereocenters. The van der Waals surface area contributed by atoms with E-state index in [1.54, 1.807) is 19.1 Å². The Kier molecular flexibility index (Phi) is 4.43. The van der Waals surface area contributed by atoms with Crippen molar-refractivity contribution in [2.24, 2.45) is 0 Å². The summed E-state index contributed by atoms with van der Waals surface area (Å²) in [7, 11) is 0. The molecule has 0 aliphatic rings. The molecule has 2 aromatic carbocycles. The minimum atomic E-state index is -1.20. The third-order valence-corrected chi connectivity index (χ3v) is 3.57. The van der Waals surface area contributed by atoms with Gasteiger partial charge in [-0.1, -0.05) is 17.7 Å². The maximum Gasteiger partial charge on any atom is 0.371 e. The van der Waals surface area contributed by atoms with E-state index in [0.717, 1.165) is 5.56 Å². The molecule has 0 bridgehead atoms. The first-order chi connectivity index (χ1) is 12.0. The summed E-state index contributed by atoms with van der Waals surface area (Å²) in [5, 5.41) is 9.60. The van der Waals surface area contributed by atoms with Crippen molar-refractivity contribution in [1.29, 1.82) is 0 Å². The van der Waals surface area contributed by atoms with Gasteiger partial charge in [0.25, 0.3) is 0 Å². The number of furan rings is 1. The number of rotatable bonds is 5. The van der Waals surface area contributed by atoms with Crippen LogP contribution in [0.5, 0.6) is 11.5 Å². The Morgan fingerprint density at radius 3 is 2.48 bits per heavy atom. The third kappa shape index (κ3) is 3.47. The Balaban J connectivity index is 2.10. The quantitative estimate of drug-likeness (QED) is 0.692. The third-order valence-electron chi connectivity index (χ3n) is 3.57. The lowest BCUT2D eigenvalue weighted by Crippen LogP contribution is -2.04. The molecule has 0 aliphatic carbocycles. The Bertz CT molecular complexity index is 936. The zero-order chi connectivity index (χ0) is 18.0. The van der Waals surface area contributed by atoms with Gasteiger partial charge in [0, 0.05) is 6.07 Å². The molecule has 6 heteroatoms. The fraction of sp³-hybridized carbons (Fsp3) is 0.158. The lowest BCUT2D eigenvalue weighted by atomic mass is 10.1. The minimum Gasteiger partial charge on any atom is -0.475 e. The topological polar surface area (TPSA) is 86.0 Å². The first-order valence-electron chi connectivity index (χ1n) is 7.70. The van der Waals surface area contributed by atoms with Crippen molar-refractivity contribution in [3.05, 3.63) is 59.4 Å². The maximum absolute atomic E-state index is 12.0. The van der Waals surface area contributed by atoms with Crippen LogP contribution in [0.4, 0.5) is 0 Å². The first-order valence-corrected chi connectivity index (χ1v) is 7.70. The minimum absolute atomic E-state index is 0.225. The smallest absolute Gasteiger partial charge is 0.371 e. The molecule has 3 rings (SSSR count). The molecular weight excluding hydrogens is 324 g/mol. The average Bonchev–Trinajstić information content (AvgIpc) is 3.02. The molecule has 1 aromatic heterocycles.